The van der Waals surface area contributed by atoms with E-state index in [1.165, 1.54) is 38.5 Å². The quantitative estimate of drug-likeness (QED) is 0.323. The average molecular weight is 306 g/mol. The molecule has 1 saturated carbocycles. The summed E-state index contributed by atoms with van der Waals surface area (Å²) < 4.78 is 5.60. The third-order valence-electron chi connectivity index (χ3n) is 5.07. The standard InChI is InChI=1S/C18H35BN2O/c1-6-17(15(3)4)21(18(20)19(7-2)22-5)14-16-12-10-8-9-11-13-16/h1,15-18H,7-14,20H2,2-5H3. The Hall–Kier alpha value is -0.495. The molecule has 0 saturated heterocycles. The molecule has 4 heteroatoms. The molecule has 126 valence electrons. The predicted octanol–water partition coefficient (Wildman–Crippen LogP) is 3.40. The van der Waals surface area contributed by atoms with Crippen molar-refractivity contribution in [2.45, 2.75) is 77.7 Å². The van der Waals surface area contributed by atoms with E-state index in [0.717, 1.165) is 18.8 Å². The molecule has 0 amide bonds. The fourth-order valence-electron chi connectivity index (χ4n) is 3.70. The topological polar surface area (TPSA) is 38.5 Å². The van der Waals surface area contributed by atoms with Gasteiger partial charge in [0.05, 0.1) is 12.1 Å². The summed E-state index contributed by atoms with van der Waals surface area (Å²) in [6.07, 6.45) is 14.8. The molecule has 1 aliphatic carbocycles. The maximum absolute atomic E-state index is 6.56. The Kier molecular flexibility index (Phi) is 9.16. The smallest absolute Gasteiger partial charge is 0.324 e. The molecule has 1 rings (SSSR count). The first-order valence-electron chi connectivity index (χ1n) is 9.05. The van der Waals surface area contributed by atoms with E-state index in [0.29, 0.717) is 5.92 Å². The number of nitrogens with two attached hydrogens (primary N) is 1. The highest BCUT2D eigenvalue weighted by molar-refractivity contribution is 6.53. The minimum absolute atomic E-state index is 0.0420. The van der Waals surface area contributed by atoms with Gasteiger partial charge in [-0.25, -0.2) is 0 Å². The summed E-state index contributed by atoms with van der Waals surface area (Å²) in [4.78, 5) is 2.35. The second-order valence-corrected chi connectivity index (χ2v) is 7.08. The lowest BCUT2D eigenvalue weighted by molar-refractivity contribution is 0.134. The van der Waals surface area contributed by atoms with Gasteiger partial charge in [0.15, 0.2) is 0 Å². The molecule has 0 radical (unpaired) electrons. The second kappa shape index (κ2) is 10.3. The zero-order valence-electron chi connectivity index (χ0n) is 15.1. The Bertz CT molecular complexity index is 330. The van der Waals surface area contributed by atoms with Crippen LogP contribution < -0.4 is 5.73 Å². The molecule has 0 heterocycles. The third kappa shape index (κ3) is 5.61. The first-order valence-corrected chi connectivity index (χ1v) is 9.05. The minimum Gasteiger partial charge on any atom is -0.435 e. The van der Waals surface area contributed by atoms with Crippen LogP contribution in [0.15, 0.2) is 0 Å². The Balaban J connectivity index is 2.86. The third-order valence-corrected chi connectivity index (χ3v) is 5.07. The van der Waals surface area contributed by atoms with Gasteiger partial charge < -0.3 is 10.4 Å². The number of nitrogens with zero attached hydrogens (tertiary/aromatic N) is 1. The van der Waals surface area contributed by atoms with E-state index in [2.05, 4.69) is 31.6 Å². The summed E-state index contributed by atoms with van der Waals surface area (Å²) in [5.74, 6) is 4.10. The van der Waals surface area contributed by atoms with E-state index in [9.17, 15) is 0 Å². The largest absolute Gasteiger partial charge is 0.435 e. The summed E-state index contributed by atoms with van der Waals surface area (Å²) in [6.45, 7) is 7.54. The van der Waals surface area contributed by atoms with E-state index >= 15 is 0 Å². The first kappa shape index (κ1) is 19.6. The zero-order chi connectivity index (χ0) is 16.5. The molecular weight excluding hydrogens is 271 g/mol. The van der Waals surface area contributed by atoms with Crippen molar-refractivity contribution >= 4 is 6.92 Å². The van der Waals surface area contributed by atoms with Crippen molar-refractivity contribution in [2.24, 2.45) is 17.6 Å². The molecule has 0 bridgehead atoms. The highest BCUT2D eigenvalue weighted by atomic mass is 16.4. The van der Waals surface area contributed by atoms with Crippen LogP contribution >= 0.6 is 0 Å². The van der Waals surface area contributed by atoms with E-state index in [-0.39, 0.29) is 19.0 Å². The van der Waals surface area contributed by atoms with E-state index < -0.39 is 0 Å². The van der Waals surface area contributed by atoms with Crippen molar-refractivity contribution in [3.05, 3.63) is 0 Å². The van der Waals surface area contributed by atoms with Crippen LogP contribution in [0.1, 0.15) is 59.3 Å². The van der Waals surface area contributed by atoms with Crippen LogP contribution in [-0.4, -0.2) is 37.6 Å². The fraction of sp³-hybridized carbons (Fsp3) is 0.889. The van der Waals surface area contributed by atoms with Crippen molar-refractivity contribution in [2.75, 3.05) is 13.7 Å². The van der Waals surface area contributed by atoms with Crippen LogP contribution in [-0.2, 0) is 4.65 Å². The van der Waals surface area contributed by atoms with Crippen LogP contribution in [0.2, 0.25) is 6.32 Å². The summed E-state index contributed by atoms with van der Waals surface area (Å²) in [7, 11) is 1.75. The highest BCUT2D eigenvalue weighted by Gasteiger charge is 2.34. The van der Waals surface area contributed by atoms with E-state index in [1.54, 1.807) is 7.11 Å². The highest BCUT2D eigenvalue weighted by Crippen LogP contribution is 2.26. The van der Waals surface area contributed by atoms with Gasteiger partial charge in [-0.3, -0.25) is 4.90 Å². The SMILES string of the molecule is C#CC(C(C)C)N(CC1CCCCCC1)C(N)B(CC)OC. The lowest BCUT2D eigenvalue weighted by Gasteiger charge is -2.39. The molecule has 0 aromatic carbocycles. The maximum atomic E-state index is 6.56. The van der Waals surface area contributed by atoms with Crippen LogP contribution in [0, 0.1) is 24.2 Å². The number of hydrogen-bond donors (Lipinski definition) is 1. The number of rotatable bonds is 8. The van der Waals surface area contributed by atoms with Crippen molar-refractivity contribution in [1.29, 1.82) is 0 Å². The van der Waals surface area contributed by atoms with Crippen LogP contribution in [0.4, 0.5) is 0 Å². The Labute approximate surface area is 138 Å². The molecule has 1 aliphatic rings. The van der Waals surface area contributed by atoms with Crippen LogP contribution in [0.3, 0.4) is 0 Å². The van der Waals surface area contributed by atoms with Gasteiger partial charge in [-0.1, -0.05) is 52.4 Å². The molecule has 2 atom stereocenters. The normalized spacial score (nSPS) is 19.7. The molecule has 0 spiro atoms. The molecule has 2 N–H and O–H groups in total. The van der Waals surface area contributed by atoms with Gasteiger partial charge in [-0.15, -0.1) is 6.42 Å². The predicted molar refractivity (Wildman–Crippen MR) is 96.6 cm³/mol. The molecular formula is C18H35BN2O. The van der Waals surface area contributed by atoms with Crippen molar-refractivity contribution in [3.8, 4) is 12.3 Å². The molecule has 0 aromatic heterocycles. The molecule has 2 unspecified atom stereocenters. The van der Waals surface area contributed by atoms with E-state index in [1.807, 2.05) is 0 Å². The summed E-state index contributed by atoms with van der Waals surface area (Å²) in [5.41, 5.74) is 6.56. The van der Waals surface area contributed by atoms with Crippen molar-refractivity contribution in [3.63, 3.8) is 0 Å². The molecule has 0 aromatic rings. The average Bonchev–Trinajstić information content (AvgIpc) is 2.76. The monoisotopic (exact) mass is 306 g/mol. The van der Waals surface area contributed by atoms with Gasteiger partial charge in [-0.05, 0) is 31.0 Å². The minimum atomic E-state index is -0.123. The van der Waals surface area contributed by atoms with Gasteiger partial charge in [0.1, 0.15) is 0 Å². The van der Waals surface area contributed by atoms with E-state index in [4.69, 9.17) is 16.8 Å². The second-order valence-electron chi connectivity index (χ2n) is 7.08. The lowest BCUT2D eigenvalue weighted by atomic mass is 9.60. The van der Waals surface area contributed by atoms with Gasteiger partial charge in [0.25, 0.3) is 0 Å². The summed E-state index contributed by atoms with van der Waals surface area (Å²) in [6, 6.07) is -0.0378. The molecule has 1 fully saturated rings. The lowest BCUT2D eigenvalue weighted by Crippen LogP contribution is -2.58. The van der Waals surface area contributed by atoms with Gasteiger partial charge in [0.2, 0.25) is 0 Å². The van der Waals surface area contributed by atoms with Crippen LogP contribution in [0.5, 0.6) is 0 Å². The van der Waals surface area contributed by atoms with Gasteiger partial charge >= 0.3 is 6.92 Å². The zero-order valence-corrected chi connectivity index (χ0v) is 15.1. The summed E-state index contributed by atoms with van der Waals surface area (Å²) in [5, 5.41) is 0. The van der Waals surface area contributed by atoms with Crippen molar-refractivity contribution in [1.82, 2.24) is 4.90 Å². The van der Waals surface area contributed by atoms with Gasteiger partial charge in [0, 0.05) is 13.7 Å². The fourth-order valence-corrected chi connectivity index (χ4v) is 3.70. The Morgan fingerprint density at radius 3 is 2.27 bits per heavy atom. The first-order chi connectivity index (χ1) is 10.5. The maximum Gasteiger partial charge on any atom is 0.324 e. The number of terminal acetylenes is 1. The Morgan fingerprint density at radius 1 is 1.27 bits per heavy atom. The number of hydrogen-bond acceptors (Lipinski definition) is 3. The summed E-state index contributed by atoms with van der Waals surface area (Å²) >= 11 is 0. The molecule has 0 aliphatic heterocycles. The van der Waals surface area contributed by atoms with Gasteiger partial charge in [-0.2, -0.15) is 0 Å². The molecule has 22 heavy (non-hydrogen) atoms. The molecule has 3 nitrogen and oxygen atoms in total. The van der Waals surface area contributed by atoms with Crippen LogP contribution in [0.25, 0.3) is 0 Å². The Morgan fingerprint density at radius 2 is 1.86 bits per heavy atom. The van der Waals surface area contributed by atoms with Crippen molar-refractivity contribution < 1.29 is 4.65 Å².